The molecule has 0 atom stereocenters. The van der Waals surface area contributed by atoms with Crippen LogP contribution in [0.15, 0.2) is 41.2 Å². The van der Waals surface area contributed by atoms with Gasteiger partial charge in [0.15, 0.2) is 0 Å². The van der Waals surface area contributed by atoms with Crippen LogP contribution < -0.4 is 4.74 Å². The molecule has 25 heavy (non-hydrogen) atoms. The molecule has 3 aromatic rings. The number of aromatic nitrogens is 4. The van der Waals surface area contributed by atoms with Crippen LogP contribution in [0.25, 0.3) is 11.4 Å². The van der Waals surface area contributed by atoms with E-state index in [2.05, 4.69) is 25.2 Å². The lowest BCUT2D eigenvalue weighted by Crippen LogP contribution is -2.32. The molecule has 7 heteroatoms. The van der Waals surface area contributed by atoms with Gasteiger partial charge in [0.25, 0.3) is 0 Å². The smallest absolute Gasteiger partial charge is 0.241 e. The van der Waals surface area contributed by atoms with Crippen LogP contribution in [0, 0.1) is 0 Å². The Balaban J connectivity index is 1.35. The molecule has 1 fully saturated rings. The summed E-state index contributed by atoms with van der Waals surface area (Å²) >= 11 is 0. The fourth-order valence-electron chi connectivity index (χ4n) is 3.28. The highest BCUT2D eigenvalue weighted by Crippen LogP contribution is 2.28. The van der Waals surface area contributed by atoms with Crippen molar-refractivity contribution >= 4 is 0 Å². The number of nitrogens with zero attached hydrogens (tertiary/aromatic N) is 4. The van der Waals surface area contributed by atoms with Gasteiger partial charge in [-0.15, -0.1) is 0 Å². The van der Waals surface area contributed by atoms with Gasteiger partial charge >= 0.3 is 0 Å². The lowest BCUT2D eigenvalue weighted by atomic mass is 9.92. The van der Waals surface area contributed by atoms with Crippen molar-refractivity contribution in [3.05, 3.63) is 48.1 Å². The van der Waals surface area contributed by atoms with Crippen molar-refractivity contribution in [1.29, 1.82) is 0 Å². The summed E-state index contributed by atoms with van der Waals surface area (Å²) in [5.74, 6) is 2.68. The molecule has 7 nitrogen and oxygen atoms in total. The fourth-order valence-corrected chi connectivity index (χ4v) is 3.28. The second-order valence-corrected chi connectivity index (χ2v) is 6.32. The van der Waals surface area contributed by atoms with E-state index >= 15 is 0 Å². The van der Waals surface area contributed by atoms with Crippen molar-refractivity contribution in [3.63, 3.8) is 0 Å². The molecule has 130 valence electrons. The monoisotopic (exact) mass is 339 g/mol. The summed E-state index contributed by atoms with van der Waals surface area (Å²) in [5, 5.41) is 11.0. The van der Waals surface area contributed by atoms with Crippen LogP contribution in [-0.4, -0.2) is 45.4 Å². The van der Waals surface area contributed by atoms with E-state index in [9.17, 15) is 0 Å². The number of hydrogen-bond acceptors (Lipinski definition) is 6. The van der Waals surface area contributed by atoms with Gasteiger partial charge in [-0.2, -0.15) is 10.1 Å². The predicted molar refractivity (Wildman–Crippen MR) is 92.1 cm³/mol. The number of ether oxygens (including phenoxy) is 1. The molecule has 0 bridgehead atoms. The van der Waals surface area contributed by atoms with E-state index in [-0.39, 0.29) is 0 Å². The molecule has 0 spiro atoms. The van der Waals surface area contributed by atoms with Crippen LogP contribution in [0.3, 0.4) is 0 Å². The average Bonchev–Trinajstić information content (AvgIpc) is 3.35. The molecule has 1 aliphatic rings. The third-order valence-electron chi connectivity index (χ3n) is 4.75. The second-order valence-electron chi connectivity index (χ2n) is 6.32. The largest absolute Gasteiger partial charge is 0.497 e. The van der Waals surface area contributed by atoms with Crippen LogP contribution in [0.5, 0.6) is 5.75 Å². The maximum absolute atomic E-state index is 5.43. The zero-order valence-electron chi connectivity index (χ0n) is 14.2. The molecule has 1 aromatic carbocycles. The quantitative estimate of drug-likeness (QED) is 0.770. The fraction of sp³-hybridized carbons (Fsp3) is 0.389. The first-order valence-electron chi connectivity index (χ1n) is 8.50. The van der Waals surface area contributed by atoms with Gasteiger partial charge in [0, 0.05) is 11.8 Å². The Morgan fingerprint density at radius 2 is 2.04 bits per heavy atom. The first-order valence-corrected chi connectivity index (χ1v) is 8.50. The lowest BCUT2D eigenvalue weighted by Gasteiger charge is -2.30. The van der Waals surface area contributed by atoms with Crippen molar-refractivity contribution in [2.75, 3.05) is 20.2 Å². The van der Waals surface area contributed by atoms with E-state index in [0.29, 0.717) is 24.2 Å². The number of methoxy groups -OCH3 is 1. The normalized spacial score (nSPS) is 16.2. The van der Waals surface area contributed by atoms with Crippen LogP contribution in [0.4, 0.5) is 0 Å². The molecule has 4 rings (SSSR count). The Morgan fingerprint density at radius 3 is 2.72 bits per heavy atom. The van der Waals surface area contributed by atoms with Gasteiger partial charge in [-0.3, -0.25) is 10.00 Å². The van der Waals surface area contributed by atoms with E-state index in [1.54, 1.807) is 7.11 Å². The van der Waals surface area contributed by atoms with Crippen LogP contribution in [0.2, 0.25) is 0 Å². The third kappa shape index (κ3) is 3.56. The zero-order chi connectivity index (χ0) is 17.1. The Morgan fingerprint density at radius 1 is 1.24 bits per heavy atom. The molecule has 1 N–H and O–H groups in total. The summed E-state index contributed by atoms with van der Waals surface area (Å²) in [6.45, 7) is 2.74. The number of hydrogen-bond donors (Lipinski definition) is 1. The molecule has 0 saturated carbocycles. The summed E-state index contributed by atoms with van der Waals surface area (Å²) in [6, 6.07) is 7.66. The summed E-state index contributed by atoms with van der Waals surface area (Å²) in [5.41, 5.74) is 2.23. The van der Waals surface area contributed by atoms with Crippen molar-refractivity contribution in [3.8, 4) is 17.1 Å². The van der Waals surface area contributed by atoms with E-state index in [1.165, 1.54) is 5.56 Å². The molecular formula is C18H21N5O2. The first kappa shape index (κ1) is 15.8. The number of nitrogens with one attached hydrogen (secondary N) is 1. The highest BCUT2D eigenvalue weighted by atomic mass is 16.5. The maximum Gasteiger partial charge on any atom is 0.241 e. The second kappa shape index (κ2) is 7.06. The molecule has 0 aliphatic carbocycles. The standard InChI is InChI=1S/C18H21N5O2/c1-24-16-4-2-14(3-5-16)18-21-17(25-22-18)12-23-8-6-13(7-9-23)15-10-19-20-11-15/h2-5,10-11,13H,6-9,12H2,1H3,(H,19,20). The number of likely N-dealkylation sites (tertiary alicyclic amines) is 1. The molecule has 2 aromatic heterocycles. The number of piperidine rings is 1. The Labute approximate surface area is 146 Å². The third-order valence-corrected chi connectivity index (χ3v) is 4.75. The minimum atomic E-state index is 0.590. The molecular weight excluding hydrogens is 318 g/mol. The van der Waals surface area contributed by atoms with Gasteiger partial charge in [-0.05, 0) is 61.7 Å². The summed E-state index contributed by atoms with van der Waals surface area (Å²) in [6.07, 6.45) is 6.18. The lowest BCUT2D eigenvalue weighted by molar-refractivity contribution is 0.181. The Hall–Kier alpha value is -2.67. The highest BCUT2D eigenvalue weighted by Gasteiger charge is 2.22. The maximum atomic E-state index is 5.43. The molecule has 0 radical (unpaired) electrons. The van der Waals surface area contributed by atoms with Crippen LogP contribution in [-0.2, 0) is 6.54 Å². The van der Waals surface area contributed by atoms with Crippen molar-refractivity contribution in [2.24, 2.45) is 0 Å². The first-order chi connectivity index (χ1) is 12.3. The topological polar surface area (TPSA) is 80.1 Å². The van der Waals surface area contributed by atoms with Gasteiger partial charge in [-0.25, -0.2) is 0 Å². The minimum absolute atomic E-state index is 0.590. The summed E-state index contributed by atoms with van der Waals surface area (Å²) in [4.78, 5) is 6.89. The molecule has 1 saturated heterocycles. The van der Waals surface area contributed by atoms with Gasteiger partial charge in [-0.1, -0.05) is 5.16 Å². The highest BCUT2D eigenvalue weighted by molar-refractivity contribution is 5.55. The average molecular weight is 339 g/mol. The van der Waals surface area contributed by atoms with Gasteiger partial charge < -0.3 is 9.26 Å². The van der Waals surface area contributed by atoms with E-state index in [1.807, 2.05) is 36.7 Å². The van der Waals surface area contributed by atoms with Crippen molar-refractivity contribution in [1.82, 2.24) is 25.2 Å². The zero-order valence-corrected chi connectivity index (χ0v) is 14.2. The summed E-state index contributed by atoms with van der Waals surface area (Å²) < 4.78 is 10.6. The molecule has 1 aliphatic heterocycles. The van der Waals surface area contributed by atoms with Crippen molar-refractivity contribution < 1.29 is 9.26 Å². The van der Waals surface area contributed by atoms with E-state index in [0.717, 1.165) is 37.2 Å². The Bertz CT molecular complexity index is 789. The van der Waals surface area contributed by atoms with Gasteiger partial charge in [0.05, 0.1) is 19.9 Å². The van der Waals surface area contributed by atoms with Gasteiger partial charge in [0.2, 0.25) is 11.7 Å². The molecule has 3 heterocycles. The van der Waals surface area contributed by atoms with E-state index < -0.39 is 0 Å². The van der Waals surface area contributed by atoms with Crippen molar-refractivity contribution in [2.45, 2.75) is 25.3 Å². The molecule has 0 amide bonds. The number of rotatable bonds is 5. The number of aromatic amines is 1. The number of H-pyrrole nitrogens is 1. The van der Waals surface area contributed by atoms with Crippen LogP contribution in [0.1, 0.15) is 30.2 Å². The predicted octanol–water partition coefficient (Wildman–Crippen LogP) is 2.85. The van der Waals surface area contributed by atoms with E-state index in [4.69, 9.17) is 9.26 Å². The SMILES string of the molecule is COc1ccc(-c2noc(CN3CCC(c4cn[nH]c4)CC3)n2)cc1. The van der Waals surface area contributed by atoms with Crippen LogP contribution >= 0.6 is 0 Å². The Kier molecular flexibility index (Phi) is 4.47. The minimum Gasteiger partial charge on any atom is -0.497 e. The molecule has 0 unspecified atom stereocenters. The summed E-state index contributed by atoms with van der Waals surface area (Å²) in [7, 11) is 1.65. The number of benzene rings is 1. The van der Waals surface area contributed by atoms with Gasteiger partial charge in [0.1, 0.15) is 5.75 Å².